The third kappa shape index (κ3) is 5.75. The number of anilines is 1. The highest BCUT2D eigenvalue weighted by molar-refractivity contribution is 7.89. The van der Waals surface area contributed by atoms with Crippen molar-refractivity contribution in [2.24, 2.45) is 11.8 Å². The fraction of sp³-hybridized carbons (Fsp3) is 0.417. The van der Waals surface area contributed by atoms with E-state index in [4.69, 9.17) is 0 Å². The molecule has 0 spiro atoms. The lowest BCUT2D eigenvalue weighted by Crippen LogP contribution is -2.37. The Bertz CT molecular complexity index is 1060. The molecule has 7 nitrogen and oxygen atoms in total. The monoisotopic (exact) mass is 457 g/mol. The van der Waals surface area contributed by atoms with Crippen LogP contribution in [0.5, 0.6) is 0 Å². The van der Waals surface area contributed by atoms with Crippen molar-refractivity contribution in [3.8, 4) is 0 Å². The number of benzene rings is 2. The van der Waals surface area contributed by atoms with Crippen molar-refractivity contribution in [3.63, 3.8) is 0 Å². The number of nitrogens with one attached hydrogen (secondary N) is 2. The number of hydrogen-bond donors (Lipinski definition) is 2. The summed E-state index contributed by atoms with van der Waals surface area (Å²) in [6.07, 6.45) is 1.70. The van der Waals surface area contributed by atoms with Crippen LogP contribution in [0, 0.1) is 11.8 Å². The average molecular weight is 458 g/mol. The molecule has 2 aromatic carbocycles. The van der Waals surface area contributed by atoms with E-state index in [0.717, 1.165) is 12.8 Å². The molecule has 2 amide bonds. The van der Waals surface area contributed by atoms with Crippen LogP contribution in [-0.4, -0.2) is 44.2 Å². The molecular formula is C24H31N3O4S. The summed E-state index contributed by atoms with van der Waals surface area (Å²) in [6, 6.07) is 12.7. The molecule has 1 fully saturated rings. The van der Waals surface area contributed by atoms with Gasteiger partial charge in [0.1, 0.15) is 0 Å². The first kappa shape index (κ1) is 23.9. The standard InChI is InChI=1S/C24H31N3O4S/c1-17(2)16-25-24(29)21-6-4-5-7-22(21)26-23(28)19-8-10-20(11-9-19)32(30,31)27-14-12-18(3)13-15-27/h4-11,17-18H,12-16H2,1-3H3,(H,25,29)(H,26,28). The van der Waals surface area contributed by atoms with Gasteiger partial charge in [-0.3, -0.25) is 9.59 Å². The topological polar surface area (TPSA) is 95.6 Å². The second kappa shape index (κ2) is 10.3. The second-order valence-electron chi connectivity index (χ2n) is 8.71. The summed E-state index contributed by atoms with van der Waals surface area (Å²) < 4.78 is 27.3. The van der Waals surface area contributed by atoms with Crippen molar-refractivity contribution >= 4 is 27.5 Å². The van der Waals surface area contributed by atoms with E-state index >= 15 is 0 Å². The molecule has 1 heterocycles. The van der Waals surface area contributed by atoms with Gasteiger partial charge in [0.25, 0.3) is 11.8 Å². The van der Waals surface area contributed by atoms with Gasteiger partial charge in [0.2, 0.25) is 10.0 Å². The maximum absolute atomic E-state index is 12.9. The van der Waals surface area contributed by atoms with Crippen LogP contribution in [0.3, 0.4) is 0 Å². The van der Waals surface area contributed by atoms with E-state index in [1.54, 1.807) is 24.3 Å². The van der Waals surface area contributed by atoms with Crippen LogP contribution in [-0.2, 0) is 10.0 Å². The molecule has 8 heteroatoms. The smallest absolute Gasteiger partial charge is 0.255 e. The number of nitrogens with zero attached hydrogens (tertiary/aromatic N) is 1. The Balaban J connectivity index is 1.71. The highest BCUT2D eigenvalue weighted by Gasteiger charge is 2.28. The van der Waals surface area contributed by atoms with Gasteiger partial charge < -0.3 is 10.6 Å². The highest BCUT2D eigenvalue weighted by Crippen LogP contribution is 2.24. The van der Waals surface area contributed by atoms with Gasteiger partial charge in [-0.2, -0.15) is 4.31 Å². The average Bonchev–Trinajstić information content (AvgIpc) is 2.78. The van der Waals surface area contributed by atoms with Gasteiger partial charge in [0, 0.05) is 25.2 Å². The Hall–Kier alpha value is -2.71. The molecule has 1 saturated heterocycles. The summed E-state index contributed by atoms with van der Waals surface area (Å²) in [5.41, 5.74) is 1.09. The Labute approximate surface area is 190 Å². The van der Waals surface area contributed by atoms with Crippen molar-refractivity contribution in [3.05, 3.63) is 59.7 Å². The third-order valence-electron chi connectivity index (χ3n) is 5.59. The zero-order valence-corrected chi connectivity index (χ0v) is 19.6. The largest absolute Gasteiger partial charge is 0.352 e. The van der Waals surface area contributed by atoms with Gasteiger partial charge >= 0.3 is 0 Å². The Morgan fingerprint density at radius 2 is 1.62 bits per heavy atom. The highest BCUT2D eigenvalue weighted by atomic mass is 32.2. The lowest BCUT2D eigenvalue weighted by atomic mass is 10.0. The molecular weight excluding hydrogens is 426 g/mol. The van der Waals surface area contributed by atoms with E-state index < -0.39 is 15.9 Å². The first-order chi connectivity index (χ1) is 15.2. The zero-order chi connectivity index (χ0) is 23.3. The molecule has 1 aliphatic heterocycles. The van der Waals surface area contributed by atoms with Crippen LogP contribution in [0.4, 0.5) is 5.69 Å². The number of carbonyl (C=O) groups excluding carboxylic acids is 2. The van der Waals surface area contributed by atoms with Gasteiger partial charge in [-0.25, -0.2) is 8.42 Å². The van der Waals surface area contributed by atoms with Crippen LogP contribution < -0.4 is 10.6 Å². The van der Waals surface area contributed by atoms with E-state index in [-0.39, 0.29) is 10.8 Å². The summed E-state index contributed by atoms with van der Waals surface area (Å²) in [4.78, 5) is 25.4. The molecule has 2 aromatic rings. The summed E-state index contributed by atoms with van der Waals surface area (Å²) in [5, 5.41) is 5.61. The molecule has 0 unspecified atom stereocenters. The summed E-state index contributed by atoms with van der Waals surface area (Å²) in [5.74, 6) is 0.170. The van der Waals surface area contributed by atoms with Gasteiger partial charge in [-0.1, -0.05) is 32.9 Å². The lowest BCUT2D eigenvalue weighted by Gasteiger charge is -2.29. The van der Waals surface area contributed by atoms with Gasteiger partial charge in [-0.05, 0) is 61.1 Å². The minimum Gasteiger partial charge on any atom is -0.352 e. The van der Waals surface area contributed by atoms with Crippen molar-refractivity contribution in [1.82, 2.24) is 9.62 Å². The minimum absolute atomic E-state index is 0.178. The Morgan fingerprint density at radius 3 is 2.25 bits per heavy atom. The van der Waals surface area contributed by atoms with Gasteiger partial charge in [0.05, 0.1) is 16.1 Å². The molecule has 0 radical (unpaired) electrons. The van der Waals surface area contributed by atoms with Crippen LogP contribution in [0.15, 0.2) is 53.4 Å². The molecule has 0 aromatic heterocycles. The fourth-order valence-corrected chi connectivity index (χ4v) is 5.00. The second-order valence-corrected chi connectivity index (χ2v) is 10.7. The predicted molar refractivity (Wildman–Crippen MR) is 125 cm³/mol. The normalized spacial score (nSPS) is 15.5. The maximum Gasteiger partial charge on any atom is 0.255 e. The molecule has 32 heavy (non-hydrogen) atoms. The van der Waals surface area contributed by atoms with Gasteiger partial charge in [-0.15, -0.1) is 0 Å². The van der Waals surface area contributed by atoms with E-state index in [0.29, 0.717) is 48.3 Å². The molecule has 0 aliphatic carbocycles. The van der Waals surface area contributed by atoms with Crippen molar-refractivity contribution in [2.75, 3.05) is 25.0 Å². The molecule has 0 bridgehead atoms. The number of hydrogen-bond acceptors (Lipinski definition) is 4. The Morgan fingerprint density at radius 1 is 1.00 bits per heavy atom. The third-order valence-corrected chi connectivity index (χ3v) is 7.50. The Kier molecular flexibility index (Phi) is 7.69. The van der Waals surface area contributed by atoms with Crippen LogP contribution in [0.1, 0.15) is 54.3 Å². The SMILES string of the molecule is CC(C)CNC(=O)c1ccccc1NC(=O)c1ccc(S(=O)(=O)N2CCC(C)CC2)cc1. The number of amides is 2. The molecule has 1 aliphatic rings. The molecule has 172 valence electrons. The van der Waals surface area contributed by atoms with E-state index in [1.807, 2.05) is 13.8 Å². The molecule has 3 rings (SSSR count). The number of para-hydroxylation sites is 1. The first-order valence-corrected chi connectivity index (χ1v) is 12.4. The molecule has 2 N–H and O–H groups in total. The number of carbonyl (C=O) groups is 2. The van der Waals surface area contributed by atoms with Crippen LogP contribution in [0.25, 0.3) is 0 Å². The van der Waals surface area contributed by atoms with Crippen LogP contribution in [0.2, 0.25) is 0 Å². The number of sulfonamides is 1. The van der Waals surface area contributed by atoms with E-state index in [2.05, 4.69) is 17.6 Å². The van der Waals surface area contributed by atoms with Crippen molar-refractivity contribution in [2.45, 2.75) is 38.5 Å². The van der Waals surface area contributed by atoms with E-state index in [9.17, 15) is 18.0 Å². The number of piperidine rings is 1. The van der Waals surface area contributed by atoms with Crippen molar-refractivity contribution < 1.29 is 18.0 Å². The zero-order valence-electron chi connectivity index (χ0n) is 18.8. The first-order valence-electron chi connectivity index (χ1n) is 11.0. The van der Waals surface area contributed by atoms with Crippen molar-refractivity contribution in [1.29, 1.82) is 0 Å². The van der Waals surface area contributed by atoms with Crippen LogP contribution >= 0.6 is 0 Å². The van der Waals surface area contributed by atoms with Gasteiger partial charge in [0.15, 0.2) is 0 Å². The lowest BCUT2D eigenvalue weighted by molar-refractivity contribution is 0.0950. The quantitative estimate of drug-likeness (QED) is 0.662. The molecule has 0 saturated carbocycles. The molecule has 0 atom stereocenters. The summed E-state index contributed by atoms with van der Waals surface area (Å²) in [6.45, 7) is 7.70. The number of rotatable bonds is 7. The predicted octanol–water partition coefficient (Wildman–Crippen LogP) is 3.75. The summed E-state index contributed by atoms with van der Waals surface area (Å²) in [7, 11) is -3.57. The van der Waals surface area contributed by atoms with E-state index in [1.165, 1.54) is 28.6 Å². The summed E-state index contributed by atoms with van der Waals surface area (Å²) >= 11 is 0. The fourth-order valence-electron chi connectivity index (χ4n) is 3.53. The minimum atomic E-state index is -3.57. The maximum atomic E-state index is 12.9.